The van der Waals surface area contributed by atoms with Crippen molar-refractivity contribution in [2.24, 2.45) is 5.92 Å². The minimum Gasteiger partial charge on any atom is -0.492 e. The Bertz CT molecular complexity index is 805. The third-order valence-corrected chi connectivity index (χ3v) is 5.87. The Morgan fingerprint density at radius 1 is 1.10 bits per heavy atom. The molecule has 0 saturated carbocycles. The first-order chi connectivity index (χ1) is 14.2. The van der Waals surface area contributed by atoms with Crippen molar-refractivity contribution in [2.75, 3.05) is 39.5 Å². The number of benzene rings is 2. The van der Waals surface area contributed by atoms with E-state index in [1.54, 1.807) is 0 Å². The van der Waals surface area contributed by atoms with Gasteiger partial charge in [0.05, 0.1) is 19.1 Å². The molecule has 2 unspecified atom stereocenters. The lowest BCUT2D eigenvalue weighted by molar-refractivity contribution is -0.140. The average molecular weight is 395 g/mol. The summed E-state index contributed by atoms with van der Waals surface area (Å²) in [6.45, 7) is 7.50. The standard InChI is InChI=1S/C24H30N2O3/c1-19(16-25-11-13-28-14-12-25)26(17-20-7-3-2-4-8-20)24(27)22-15-21-9-5-6-10-23(21)29-18-22/h2-10,19,22H,11-18H2,1H3. The average Bonchev–Trinajstić information content (AvgIpc) is 2.78. The maximum absolute atomic E-state index is 13.6. The Labute approximate surface area is 173 Å². The Hall–Kier alpha value is -2.37. The number of carbonyl (C=O) groups excluding carboxylic acids is 1. The van der Waals surface area contributed by atoms with E-state index >= 15 is 0 Å². The SMILES string of the molecule is CC(CN1CCOCC1)N(Cc1ccccc1)C(=O)C1COc2ccccc2C1. The van der Waals surface area contributed by atoms with E-state index < -0.39 is 0 Å². The van der Waals surface area contributed by atoms with Crippen molar-refractivity contribution in [3.63, 3.8) is 0 Å². The summed E-state index contributed by atoms with van der Waals surface area (Å²) in [6.07, 6.45) is 0.741. The quantitative estimate of drug-likeness (QED) is 0.755. The van der Waals surface area contributed by atoms with Crippen LogP contribution in [-0.2, 0) is 22.5 Å². The van der Waals surface area contributed by atoms with E-state index in [0.717, 1.165) is 56.1 Å². The molecule has 5 heteroatoms. The van der Waals surface area contributed by atoms with Gasteiger partial charge in [-0.05, 0) is 30.5 Å². The van der Waals surface area contributed by atoms with Crippen LogP contribution in [0.1, 0.15) is 18.1 Å². The third kappa shape index (κ3) is 4.98. The first-order valence-electron chi connectivity index (χ1n) is 10.6. The number of nitrogens with zero attached hydrogens (tertiary/aromatic N) is 2. The number of hydrogen-bond acceptors (Lipinski definition) is 4. The van der Waals surface area contributed by atoms with Crippen LogP contribution < -0.4 is 4.74 Å². The summed E-state index contributed by atoms with van der Waals surface area (Å²) in [5.41, 5.74) is 2.28. The summed E-state index contributed by atoms with van der Waals surface area (Å²) >= 11 is 0. The smallest absolute Gasteiger partial charge is 0.230 e. The van der Waals surface area contributed by atoms with Gasteiger partial charge in [0.25, 0.3) is 0 Å². The minimum atomic E-state index is -0.138. The highest BCUT2D eigenvalue weighted by molar-refractivity contribution is 5.80. The van der Waals surface area contributed by atoms with Crippen LogP contribution in [0.2, 0.25) is 0 Å². The molecule has 1 amide bonds. The molecular weight excluding hydrogens is 364 g/mol. The van der Waals surface area contributed by atoms with E-state index in [-0.39, 0.29) is 17.9 Å². The van der Waals surface area contributed by atoms with Crippen LogP contribution in [0.3, 0.4) is 0 Å². The maximum atomic E-state index is 13.6. The molecule has 0 bridgehead atoms. The van der Waals surface area contributed by atoms with Crippen LogP contribution in [0.25, 0.3) is 0 Å². The number of carbonyl (C=O) groups is 1. The lowest BCUT2D eigenvalue weighted by Gasteiger charge is -2.37. The fourth-order valence-electron chi connectivity index (χ4n) is 4.21. The highest BCUT2D eigenvalue weighted by Crippen LogP contribution is 2.28. The molecule has 2 atom stereocenters. The molecule has 2 heterocycles. The molecule has 5 nitrogen and oxygen atoms in total. The number of rotatable bonds is 6. The number of amides is 1. The van der Waals surface area contributed by atoms with E-state index in [0.29, 0.717) is 13.2 Å². The van der Waals surface area contributed by atoms with E-state index in [2.05, 4.69) is 30.0 Å². The minimum absolute atomic E-state index is 0.123. The van der Waals surface area contributed by atoms with Crippen molar-refractivity contribution in [1.82, 2.24) is 9.80 Å². The van der Waals surface area contributed by atoms with Gasteiger partial charge in [-0.2, -0.15) is 0 Å². The van der Waals surface area contributed by atoms with Gasteiger partial charge in [-0.15, -0.1) is 0 Å². The van der Waals surface area contributed by atoms with Crippen molar-refractivity contribution in [3.05, 3.63) is 65.7 Å². The summed E-state index contributed by atoms with van der Waals surface area (Å²) in [4.78, 5) is 18.0. The first kappa shape index (κ1) is 19.9. The number of fused-ring (bicyclic) bond motifs is 1. The maximum Gasteiger partial charge on any atom is 0.230 e. The van der Waals surface area contributed by atoms with Gasteiger partial charge in [-0.3, -0.25) is 9.69 Å². The lowest BCUT2D eigenvalue weighted by atomic mass is 9.94. The molecule has 2 aromatic carbocycles. The Morgan fingerprint density at radius 3 is 2.62 bits per heavy atom. The summed E-state index contributed by atoms with van der Waals surface area (Å²) in [7, 11) is 0. The van der Waals surface area contributed by atoms with Crippen LogP contribution in [0.15, 0.2) is 54.6 Å². The molecule has 4 rings (SSSR count). The molecule has 2 aliphatic rings. The molecule has 2 aromatic rings. The largest absolute Gasteiger partial charge is 0.492 e. The molecular formula is C24H30N2O3. The van der Waals surface area contributed by atoms with Gasteiger partial charge in [-0.1, -0.05) is 48.5 Å². The van der Waals surface area contributed by atoms with E-state index in [4.69, 9.17) is 9.47 Å². The summed E-state index contributed by atoms with van der Waals surface area (Å²) in [5.74, 6) is 0.956. The Balaban J connectivity index is 1.50. The normalized spacial score (nSPS) is 20.4. The van der Waals surface area contributed by atoms with E-state index in [9.17, 15) is 4.79 Å². The molecule has 154 valence electrons. The Morgan fingerprint density at radius 2 is 1.83 bits per heavy atom. The molecule has 1 saturated heterocycles. The van der Waals surface area contributed by atoms with Gasteiger partial charge in [0.2, 0.25) is 5.91 Å². The predicted molar refractivity (Wildman–Crippen MR) is 113 cm³/mol. The molecule has 1 fully saturated rings. The second kappa shape index (κ2) is 9.42. The van der Waals surface area contributed by atoms with Gasteiger partial charge >= 0.3 is 0 Å². The van der Waals surface area contributed by atoms with Gasteiger partial charge < -0.3 is 14.4 Å². The molecule has 0 aliphatic carbocycles. The molecule has 0 aromatic heterocycles. The lowest BCUT2D eigenvalue weighted by Crippen LogP contribution is -2.50. The zero-order chi connectivity index (χ0) is 20.1. The zero-order valence-corrected chi connectivity index (χ0v) is 17.1. The number of para-hydroxylation sites is 1. The Kier molecular flexibility index (Phi) is 6.47. The van der Waals surface area contributed by atoms with Crippen LogP contribution >= 0.6 is 0 Å². The van der Waals surface area contributed by atoms with Crippen molar-refractivity contribution in [1.29, 1.82) is 0 Å². The second-order valence-electron chi connectivity index (χ2n) is 8.03. The third-order valence-electron chi connectivity index (χ3n) is 5.87. The van der Waals surface area contributed by atoms with Crippen molar-refractivity contribution in [3.8, 4) is 5.75 Å². The number of hydrogen-bond donors (Lipinski definition) is 0. The molecule has 0 radical (unpaired) electrons. The fourth-order valence-corrected chi connectivity index (χ4v) is 4.21. The first-order valence-corrected chi connectivity index (χ1v) is 10.6. The highest BCUT2D eigenvalue weighted by Gasteiger charge is 2.32. The van der Waals surface area contributed by atoms with Gasteiger partial charge in [-0.25, -0.2) is 0 Å². The number of ether oxygens (including phenoxy) is 2. The topological polar surface area (TPSA) is 42.0 Å². The summed E-state index contributed by atoms with van der Waals surface area (Å²) < 4.78 is 11.4. The van der Waals surface area contributed by atoms with E-state index in [1.807, 2.05) is 41.3 Å². The monoisotopic (exact) mass is 394 g/mol. The zero-order valence-electron chi connectivity index (χ0n) is 17.1. The molecule has 2 aliphatic heterocycles. The van der Waals surface area contributed by atoms with Crippen LogP contribution in [0.5, 0.6) is 5.75 Å². The highest BCUT2D eigenvalue weighted by atomic mass is 16.5. The molecule has 0 N–H and O–H groups in total. The summed E-state index contributed by atoms with van der Waals surface area (Å²) in [6, 6.07) is 18.4. The van der Waals surface area contributed by atoms with Crippen LogP contribution in [-0.4, -0.2) is 61.2 Å². The fraction of sp³-hybridized carbons (Fsp3) is 0.458. The molecule has 0 spiro atoms. The van der Waals surface area contributed by atoms with Crippen molar-refractivity contribution < 1.29 is 14.3 Å². The van der Waals surface area contributed by atoms with E-state index in [1.165, 1.54) is 0 Å². The van der Waals surface area contributed by atoms with Crippen molar-refractivity contribution in [2.45, 2.75) is 25.9 Å². The summed E-state index contributed by atoms with van der Waals surface area (Å²) in [5, 5.41) is 0. The number of morpholine rings is 1. The van der Waals surface area contributed by atoms with Gasteiger partial charge in [0.15, 0.2) is 0 Å². The molecule has 29 heavy (non-hydrogen) atoms. The predicted octanol–water partition coefficient (Wildman–Crippen LogP) is 2.99. The van der Waals surface area contributed by atoms with Gasteiger partial charge in [0, 0.05) is 32.2 Å². The second-order valence-corrected chi connectivity index (χ2v) is 8.03. The van der Waals surface area contributed by atoms with Crippen LogP contribution in [0.4, 0.5) is 0 Å². The van der Waals surface area contributed by atoms with Crippen LogP contribution in [0, 0.1) is 5.92 Å². The van der Waals surface area contributed by atoms with Crippen molar-refractivity contribution >= 4 is 5.91 Å². The van der Waals surface area contributed by atoms with Gasteiger partial charge in [0.1, 0.15) is 12.4 Å².